The van der Waals surface area contributed by atoms with E-state index in [-0.39, 0.29) is 11.9 Å². The molecule has 0 saturated carbocycles. The van der Waals surface area contributed by atoms with Crippen LogP contribution < -0.4 is 10.6 Å². The number of hydrogen-bond acceptors (Lipinski definition) is 4. The van der Waals surface area contributed by atoms with Crippen LogP contribution in [0.5, 0.6) is 0 Å². The van der Waals surface area contributed by atoms with E-state index in [1.54, 1.807) is 18.2 Å². The zero-order valence-corrected chi connectivity index (χ0v) is 11.2. The molecule has 3 rings (SSSR count). The van der Waals surface area contributed by atoms with Crippen LogP contribution in [0.4, 0.5) is 30.5 Å². The maximum atomic E-state index is 12.6. The van der Waals surface area contributed by atoms with Gasteiger partial charge in [0.1, 0.15) is 5.69 Å². The molecule has 22 heavy (non-hydrogen) atoms. The van der Waals surface area contributed by atoms with Gasteiger partial charge in [0, 0.05) is 24.0 Å². The van der Waals surface area contributed by atoms with Crippen molar-refractivity contribution in [3.8, 4) is 0 Å². The van der Waals surface area contributed by atoms with Crippen LogP contribution in [0.25, 0.3) is 0 Å². The van der Waals surface area contributed by atoms with E-state index >= 15 is 0 Å². The van der Waals surface area contributed by atoms with Crippen molar-refractivity contribution in [2.24, 2.45) is 0 Å². The minimum atomic E-state index is -4.51. The number of anilines is 3. The number of halogens is 3. The Kier molecular flexibility index (Phi) is 3.44. The van der Waals surface area contributed by atoms with E-state index in [0.29, 0.717) is 24.2 Å². The second-order valence-corrected chi connectivity index (χ2v) is 4.81. The topological polar surface area (TPSA) is 66.9 Å². The van der Waals surface area contributed by atoms with E-state index < -0.39 is 11.9 Å². The first kappa shape index (κ1) is 14.3. The van der Waals surface area contributed by atoms with Crippen molar-refractivity contribution in [2.75, 3.05) is 10.6 Å². The van der Waals surface area contributed by atoms with Gasteiger partial charge in [-0.3, -0.25) is 4.79 Å². The summed E-state index contributed by atoms with van der Waals surface area (Å²) in [6.45, 7) is 0. The molecule has 1 aromatic heterocycles. The van der Waals surface area contributed by atoms with Crippen molar-refractivity contribution in [3.63, 3.8) is 0 Å². The van der Waals surface area contributed by atoms with Gasteiger partial charge in [-0.1, -0.05) is 0 Å². The Bertz CT molecular complexity index is 730. The summed E-state index contributed by atoms with van der Waals surface area (Å²) in [7, 11) is 0. The standard InChI is InChI=1S/C14H11F3N4O/c15-14(16,17)11-5-6-18-13(21-11)19-9-2-3-10-8(7-9)1-4-12(22)20-10/h2-3,5-7H,1,4H2,(H,20,22)(H,18,19,21). The van der Waals surface area contributed by atoms with Crippen molar-refractivity contribution >= 4 is 23.2 Å². The normalized spacial score (nSPS) is 14.2. The summed E-state index contributed by atoms with van der Waals surface area (Å²) in [4.78, 5) is 18.5. The van der Waals surface area contributed by atoms with Gasteiger partial charge >= 0.3 is 6.18 Å². The lowest BCUT2D eigenvalue weighted by atomic mass is 10.0. The predicted molar refractivity (Wildman–Crippen MR) is 73.7 cm³/mol. The molecule has 1 aliphatic rings. The van der Waals surface area contributed by atoms with Gasteiger partial charge in [0.05, 0.1) is 0 Å². The number of amides is 1. The molecule has 0 spiro atoms. The molecule has 0 unspecified atom stereocenters. The lowest BCUT2D eigenvalue weighted by Crippen LogP contribution is -2.18. The molecule has 2 heterocycles. The maximum absolute atomic E-state index is 12.6. The number of rotatable bonds is 2. The van der Waals surface area contributed by atoms with Crippen LogP contribution in [-0.4, -0.2) is 15.9 Å². The van der Waals surface area contributed by atoms with Crippen LogP contribution in [0.1, 0.15) is 17.7 Å². The number of nitrogens with one attached hydrogen (secondary N) is 2. The Hall–Kier alpha value is -2.64. The zero-order valence-electron chi connectivity index (χ0n) is 11.2. The number of alkyl halides is 3. The highest BCUT2D eigenvalue weighted by Gasteiger charge is 2.32. The maximum Gasteiger partial charge on any atom is 0.433 e. The molecule has 0 atom stereocenters. The Morgan fingerprint density at radius 1 is 1.18 bits per heavy atom. The summed E-state index contributed by atoms with van der Waals surface area (Å²) >= 11 is 0. The molecular formula is C14H11F3N4O. The van der Waals surface area contributed by atoms with Crippen molar-refractivity contribution in [3.05, 3.63) is 41.7 Å². The molecule has 0 bridgehead atoms. The average Bonchev–Trinajstić information content (AvgIpc) is 2.47. The highest BCUT2D eigenvalue weighted by Crippen LogP contribution is 2.29. The lowest BCUT2D eigenvalue weighted by molar-refractivity contribution is -0.141. The van der Waals surface area contributed by atoms with E-state index in [0.717, 1.165) is 17.8 Å². The molecule has 1 amide bonds. The number of hydrogen-bond donors (Lipinski definition) is 2. The van der Waals surface area contributed by atoms with Crippen molar-refractivity contribution in [1.82, 2.24) is 9.97 Å². The smallest absolute Gasteiger partial charge is 0.326 e. The van der Waals surface area contributed by atoms with Crippen LogP contribution in [-0.2, 0) is 17.4 Å². The fraction of sp³-hybridized carbons (Fsp3) is 0.214. The number of benzene rings is 1. The van der Waals surface area contributed by atoms with Gasteiger partial charge in [0.2, 0.25) is 11.9 Å². The third kappa shape index (κ3) is 3.00. The van der Waals surface area contributed by atoms with Crippen LogP contribution in [0.3, 0.4) is 0 Å². The minimum Gasteiger partial charge on any atom is -0.326 e. The Morgan fingerprint density at radius 3 is 2.77 bits per heavy atom. The number of aryl methyl sites for hydroxylation is 1. The molecule has 8 heteroatoms. The largest absolute Gasteiger partial charge is 0.433 e. The first-order chi connectivity index (χ1) is 10.4. The highest BCUT2D eigenvalue weighted by atomic mass is 19.4. The van der Waals surface area contributed by atoms with Crippen LogP contribution >= 0.6 is 0 Å². The van der Waals surface area contributed by atoms with Crippen LogP contribution in [0.2, 0.25) is 0 Å². The van der Waals surface area contributed by atoms with Crippen molar-refractivity contribution in [1.29, 1.82) is 0 Å². The average molecular weight is 308 g/mol. The van der Waals surface area contributed by atoms with Crippen LogP contribution in [0.15, 0.2) is 30.5 Å². The SMILES string of the molecule is O=C1CCc2cc(Nc3nccc(C(F)(F)F)n3)ccc2N1. The first-order valence-corrected chi connectivity index (χ1v) is 6.52. The minimum absolute atomic E-state index is 0.0468. The second-order valence-electron chi connectivity index (χ2n) is 4.81. The lowest BCUT2D eigenvalue weighted by Gasteiger charge is -2.17. The summed E-state index contributed by atoms with van der Waals surface area (Å²) in [6.07, 6.45) is -2.49. The number of carbonyl (C=O) groups excluding carboxylic acids is 1. The van der Waals surface area contributed by atoms with E-state index in [2.05, 4.69) is 20.6 Å². The van der Waals surface area contributed by atoms with Crippen molar-refractivity contribution < 1.29 is 18.0 Å². The Balaban J connectivity index is 1.83. The summed E-state index contributed by atoms with van der Waals surface area (Å²) in [5.41, 5.74) is 1.19. The summed E-state index contributed by atoms with van der Waals surface area (Å²) in [5, 5.41) is 5.48. The third-order valence-electron chi connectivity index (χ3n) is 3.20. The second kappa shape index (κ2) is 5.28. The van der Waals surface area contributed by atoms with E-state index in [1.807, 2.05) is 0 Å². The zero-order chi connectivity index (χ0) is 15.7. The predicted octanol–water partition coefficient (Wildman–Crippen LogP) is 3.12. The summed E-state index contributed by atoms with van der Waals surface area (Å²) in [6, 6.07) is 5.92. The van der Waals surface area contributed by atoms with Gasteiger partial charge in [0.15, 0.2) is 0 Å². The van der Waals surface area contributed by atoms with E-state index in [1.165, 1.54) is 0 Å². The fourth-order valence-corrected chi connectivity index (χ4v) is 2.17. The first-order valence-electron chi connectivity index (χ1n) is 6.52. The summed E-state index contributed by atoms with van der Waals surface area (Å²) in [5.74, 6) is -0.177. The summed E-state index contributed by atoms with van der Waals surface area (Å²) < 4.78 is 37.8. The number of carbonyl (C=O) groups is 1. The molecule has 5 nitrogen and oxygen atoms in total. The Labute approximate surface area is 123 Å². The van der Waals surface area contributed by atoms with Gasteiger partial charge in [-0.2, -0.15) is 13.2 Å². The van der Waals surface area contributed by atoms with Crippen molar-refractivity contribution in [2.45, 2.75) is 19.0 Å². The van der Waals surface area contributed by atoms with Gasteiger partial charge in [-0.05, 0) is 36.2 Å². The number of fused-ring (bicyclic) bond motifs is 1. The molecule has 114 valence electrons. The Morgan fingerprint density at radius 2 is 2.00 bits per heavy atom. The monoisotopic (exact) mass is 308 g/mol. The molecule has 2 aromatic rings. The molecule has 0 radical (unpaired) electrons. The van der Waals surface area contributed by atoms with E-state index in [4.69, 9.17) is 0 Å². The molecule has 1 aliphatic heterocycles. The van der Waals surface area contributed by atoms with Gasteiger partial charge in [-0.15, -0.1) is 0 Å². The quantitative estimate of drug-likeness (QED) is 0.894. The van der Waals surface area contributed by atoms with Gasteiger partial charge < -0.3 is 10.6 Å². The number of aromatic nitrogens is 2. The molecular weight excluding hydrogens is 297 g/mol. The fourth-order valence-electron chi connectivity index (χ4n) is 2.17. The third-order valence-corrected chi connectivity index (χ3v) is 3.20. The van der Waals surface area contributed by atoms with E-state index in [9.17, 15) is 18.0 Å². The molecule has 1 aromatic carbocycles. The van der Waals surface area contributed by atoms with Gasteiger partial charge in [0.25, 0.3) is 0 Å². The molecule has 0 saturated heterocycles. The highest BCUT2D eigenvalue weighted by molar-refractivity contribution is 5.94. The van der Waals surface area contributed by atoms with Gasteiger partial charge in [-0.25, -0.2) is 9.97 Å². The molecule has 0 fully saturated rings. The molecule has 0 aliphatic carbocycles. The van der Waals surface area contributed by atoms with Crippen LogP contribution in [0, 0.1) is 0 Å². The molecule has 2 N–H and O–H groups in total. The number of nitrogens with zero attached hydrogens (tertiary/aromatic N) is 2.